The van der Waals surface area contributed by atoms with Gasteiger partial charge in [-0.05, 0) is 69.4 Å². The van der Waals surface area contributed by atoms with E-state index in [1.807, 2.05) is 22.9 Å². The number of halogens is 6. The van der Waals surface area contributed by atoms with Gasteiger partial charge in [-0.1, -0.05) is 24.0 Å². The summed E-state index contributed by atoms with van der Waals surface area (Å²) in [5.41, 5.74) is 1.26. The molecule has 3 amide bonds. The van der Waals surface area contributed by atoms with Gasteiger partial charge in [0.1, 0.15) is 30.2 Å². The van der Waals surface area contributed by atoms with Crippen molar-refractivity contribution in [3.63, 3.8) is 0 Å². The van der Waals surface area contributed by atoms with Crippen molar-refractivity contribution < 1.29 is 50.2 Å². The van der Waals surface area contributed by atoms with Crippen LogP contribution in [0, 0.1) is 17.8 Å². The second-order valence-corrected chi connectivity index (χ2v) is 18.3. The van der Waals surface area contributed by atoms with Crippen LogP contribution in [-0.4, -0.2) is 127 Å². The lowest BCUT2D eigenvalue weighted by molar-refractivity contribution is -0.167. The number of anilines is 2. The summed E-state index contributed by atoms with van der Waals surface area (Å²) in [6.45, 7) is 0.973. The van der Waals surface area contributed by atoms with E-state index in [0.717, 1.165) is 47.0 Å². The number of likely N-dealkylation sites (tertiary alicyclic amines) is 1. The SMILES string of the molecule is O=C1CCC(c2nn(C3CC3)c3c(C#CCO[C@H]4CCN(CC5CCC(n6cc(NC(=O)c7cnn8ccc(N9CCOC[C@H]9C(F)(F)F)nc78)c(C(F)F)n6)CC5)C[C@H]4F)cccc23)C(=O)N1. The van der Waals surface area contributed by atoms with E-state index in [1.165, 1.54) is 33.9 Å². The second kappa shape index (κ2) is 18.8. The Morgan fingerprint density at radius 2 is 1.82 bits per heavy atom. The molecule has 5 aliphatic rings. The van der Waals surface area contributed by atoms with Crippen LogP contribution in [0.15, 0.2) is 42.9 Å². The van der Waals surface area contributed by atoms with E-state index in [9.17, 15) is 36.3 Å². The zero-order valence-corrected chi connectivity index (χ0v) is 36.8. The van der Waals surface area contributed by atoms with E-state index < -0.39 is 55.0 Å². The molecule has 5 aromatic rings. The number of fused-ring (bicyclic) bond motifs is 2. The van der Waals surface area contributed by atoms with Gasteiger partial charge in [-0.3, -0.25) is 34.0 Å². The van der Waals surface area contributed by atoms with E-state index in [4.69, 9.17) is 14.6 Å². The minimum Gasteiger partial charge on any atom is -0.377 e. The molecule has 0 spiro atoms. The molecule has 68 heavy (non-hydrogen) atoms. The fourth-order valence-corrected chi connectivity index (χ4v) is 10.0. The molecule has 2 aliphatic carbocycles. The Hall–Kier alpha value is -6.05. The summed E-state index contributed by atoms with van der Waals surface area (Å²) in [7, 11) is 0. The van der Waals surface area contributed by atoms with E-state index in [1.54, 1.807) is 0 Å². The van der Waals surface area contributed by atoms with Gasteiger partial charge in [0.05, 0.1) is 66.0 Å². The quantitative estimate of drug-likeness (QED) is 0.0868. The molecule has 10 rings (SSSR count). The summed E-state index contributed by atoms with van der Waals surface area (Å²) in [4.78, 5) is 45.5. The number of carbonyl (C=O) groups excluding carboxylic acids is 3. The monoisotopic (exact) mass is 949 g/mol. The van der Waals surface area contributed by atoms with Gasteiger partial charge in [0.15, 0.2) is 11.3 Å². The molecule has 3 aliphatic heterocycles. The first-order valence-electron chi connectivity index (χ1n) is 23.0. The number of nitrogens with zero attached hydrogens (tertiary/aromatic N) is 9. The lowest BCUT2D eigenvalue weighted by atomic mass is 9.85. The van der Waals surface area contributed by atoms with Crippen LogP contribution in [0.25, 0.3) is 16.6 Å². The first-order valence-corrected chi connectivity index (χ1v) is 23.0. The number of hydrogen-bond donors (Lipinski definition) is 2. The van der Waals surface area contributed by atoms with Crippen LogP contribution in [0.2, 0.25) is 0 Å². The largest absolute Gasteiger partial charge is 0.411 e. The van der Waals surface area contributed by atoms with Crippen LogP contribution in [-0.2, 0) is 19.1 Å². The average molecular weight is 950 g/mol. The van der Waals surface area contributed by atoms with E-state index in [-0.39, 0.29) is 85.3 Å². The van der Waals surface area contributed by atoms with Gasteiger partial charge < -0.3 is 19.7 Å². The smallest absolute Gasteiger partial charge is 0.377 e. The van der Waals surface area contributed by atoms with Crippen molar-refractivity contribution in [1.82, 2.24) is 44.4 Å². The maximum absolute atomic E-state index is 15.6. The van der Waals surface area contributed by atoms with Crippen LogP contribution >= 0.6 is 0 Å². The maximum Gasteiger partial charge on any atom is 0.411 e. The molecule has 5 fully saturated rings. The number of aromatic nitrogens is 7. The third-order valence-corrected chi connectivity index (χ3v) is 13.7. The van der Waals surface area contributed by atoms with Crippen LogP contribution in [0.5, 0.6) is 0 Å². The minimum absolute atomic E-state index is 0.0376. The normalized spacial score (nSPS) is 25.2. The molecule has 3 saturated heterocycles. The number of amides is 3. The number of benzene rings is 1. The fraction of sp³-hybridized carbons (Fsp3) is 0.543. The van der Waals surface area contributed by atoms with Crippen molar-refractivity contribution in [3.8, 4) is 11.8 Å². The number of alkyl halides is 6. The number of piperidine rings is 2. The molecule has 22 heteroatoms. The molecule has 1 unspecified atom stereocenters. The van der Waals surface area contributed by atoms with Crippen molar-refractivity contribution in [1.29, 1.82) is 0 Å². The topological polar surface area (TPSA) is 166 Å². The van der Waals surface area contributed by atoms with E-state index >= 15 is 4.39 Å². The van der Waals surface area contributed by atoms with Crippen molar-refractivity contribution in [2.24, 2.45) is 5.92 Å². The van der Waals surface area contributed by atoms with E-state index in [0.29, 0.717) is 44.5 Å². The Bertz CT molecular complexity index is 2770. The molecule has 2 saturated carbocycles. The van der Waals surface area contributed by atoms with Crippen molar-refractivity contribution in [3.05, 3.63) is 65.4 Å². The molecule has 7 heterocycles. The molecule has 360 valence electrons. The lowest BCUT2D eigenvalue weighted by Gasteiger charge is -2.38. The predicted molar refractivity (Wildman–Crippen MR) is 233 cm³/mol. The van der Waals surface area contributed by atoms with Crippen molar-refractivity contribution >= 4 is 45.8 Å². The van der Waals surface area contributed by atoms with Crippen LogP contribution in [0.3, 0.4) is 0 Å². The number of ether oxygens (including phenoxy) is 2. The zero-order valence-electron chi connectivity index (χ0n) is 36.8. The van der Waals surface area contributed by atoms with Gasteiger partial charge >= 0.3 is 6.18 Å². The highest BCUT2D eigenvalue weighted by Gasteiger charge is 2.46. The standard InChI is InChI=1S/C46H49F6N11O5/c47-33-23-59(16-14-35(33)68-19-2-4-27-3-1-5-30-39(31-12-13-38(64)56-44(31)65)58-63(41(27)30)29-10-11-29)22-26-6-8-28(9-7-26)62-24-34(40(57-62)42(48)49)54-45(66)32-21-53-61-17-15-37(55-43(32)61)60-18-20-67-25-36(60)46(50,51)52/h1,3,5,15,17,21,24,26,28-29,31,33,35-36,42H,6-14,16,18-20,22-23,25H2,(H,54,66)(H,56,64,65)/t26?,28?,31?,33-,35+,36+/m1/s1. The summed E-state index contributed by atoms with van der Waals surface area (Å²) >= 11 is 0. The number of carbonyl (C=O) groups is 3. The van der Waals surface area contributed by atoms with Gasteiger partial charge in [-0.25, -0.2) is 22.7 Å². The lowest BCUT2D eigenvalue weighted by Crippen LogP contribution is -2.54. The Kier molecular flexibility index (Phi) is 12.6. The maximum atomic E-state index is 15.6. The minimum atomic E-state index is -4.59. The third-order valence-electron chi connectivity index (χ3n) is 13.7. The molecule has 2 N–H and O–H groups in total. The number of rotatable bonds is 11. The third kappa shape index (κ3) is 9.39. The molecule has 0 radical (unpaired) electrons. The second-order valence-electron chi connectivity index (χ2n) is 18.3. The zero-order chi connectivity index (χ0) is 47.3. The van der Waals surface area contributed by atoms with Gasteiger partial charge in [0.2, 0.25) is 11.8 Å². The molecular weight excluding hydrogens is 901 g/mol. The summed E-state index contributed by atoms with van der Waals surface area (Å²) in [6.07, 6.45) is 0.388. The summed E-state index contributed by atoms with van der Waals surface area (Å²) < 4.78 is 101. The Morgan fingerprint density at radius 1 is 1.01 bits per heavy atom. The molecule has 4 aromatic heterocycles. The van der Waals surface area contributed by atoms with Crippen LogP contribution < -0.4 is 15.5 Å². The van der Waals surface area contributed by atoms with Gasteiger partial charge in [-0.15, -0.1) is 0 Å². The highest BCUT2D eigenvalue weighted by molar-refractivity contribution is 6.08. The van der Waals surface area contributed by atoms with Gasteiger partial charge in [-0.2, -0.15) is 28.5 Å². The van der Waals surface area contributed by atoms with E-state index in [2.05, 4.69) is 42.6 Å². The van der Waals surface area contributed by atoms with Gasteiger partial charge in [0.25, 0.3) is 12.3 Å². The highest BCUT2D eigenvalue weighted by Crippen LogP contribution is 2.41. The Balaban J connectivity index is 0.718. The predicted octanol–water partition coefficient (Wildman–Crippen LogP) is 6.30. The number of para-hydroxylation sites is 1. The first-order chi connectivity index (χ1) is 32.8. The number of imide groups is 1. The highest BCUT2D eigenvalue weighted by atomic mass is 19.4. The Morgan fingerprint density at radius 3 is 2.57 bits per heavy atom. The molecule has 0 bridgehead atoms. The average Bonchev–Trinajstić information content (AvgIpc) is 3.74. The summed E-state index contributed by atoms with van der Waals surface area (Å²) in [5, 5.41) is 18.9. The number of hydrogen-bond acceptors (Lipinski definition) is 11. The fourth-order valence-electron chi connectivity index (χ4n) is 10.0. The molecule has 1 aromatic carbocycles. The Labute approximate surface area is 385 Å². The molecular formula is C46H49F6N11O5. The number of nitrogens with one attached hydrogen (secondary N) is 2. The summed E-state index contributed by atoms with van der Waals surface area (Å²) in [5.74, 6) is 4.52. The van der Waals surface area contributed by atoms with Gasteiger partial charge in [0, 0.05) is 50.4 Å². The van der Waals surface area contributed by atoms with Crippen LogP contribution in [0.4, 0.5) is 37.8 Å². The first kappa shape index (κ1) is 45.7. The van der Waals surface area contributed by atoms with Crippen molar-refractivity contribution in [2.75, 3.05) is 56.2 Å². The van der Waals surface area contributed by atoms with Crippen LogP contribution in [0.1, 0.15) is 110 Å². The van der Waals surface area contributed by atoms with Crippen molar-refractivity contribution in [2.45, 2.75) is 107 Å². The molecule has 4 atom stereocenters. The molecule has 16 nitrogen and oxygen atoms in total. The number of morpholine rings is 1. The summed E-state index contributed by atoms with van der Waals surface area (Å²) in [6, 6.07) is 5.13.